The highest BCUT2D eigenvalue weighted by molar-refractivity contribution is 7.92. The van der Waals surface area contributed by atoms with Gasteiger partial charge in [0.1, 0.15) is 6.04 Å². The van der Waals surface area contributed by atoms with Gasteiger partial charge in [0.25, 0.3) is 0 Å². The number of halogens is 1. The largest absolute Gasteiger partial charge is 0.357 e. The van der Waals surface area contributed by atoms with Crippen LogP contribution in [0.4, 0.5) is 5.69 Å². The van der Waals surface area contributed by atoms with E-state index in [9.17, 15) is 18.0 Å². The number of benzene rings is 2. The van der Waals surface area contributed by atoms with Crippen LogP contribution in [-0.4, -0.2) is 51.0 Å². The summed E-state index contributed by atoms with van der Waals surface area (Å²) in [4.78, 5) is 26.9. The van der Waals surface area contributed by atoms with Crippen molar-refractivity contribution in [1.82, 2.24) is 10.2 Å². The smallest absolute Gasteiger partial charge is 0.242 e. The fourth-order valence-corrected chi connectivity index (χ4v) is 4.84. The highest BCUT2D eigenvalue weighted by atomic mass is 35.5. The Balaban J connectivity index is 2.18. The van der Waals surface area contributed by atoms with Crippen LogP contribution >= 0.6 is 11.6 Å². The Morgan fingerprint density at radius 3 is 2.39 bits per heavy atom. The lowest BCUT2D eigenvalue weighted by atomic mass is 10.1. The molecule has 0 aromatic heterocycles. The van der Waals surface area contributed by atoms with Crippen molar-refractivity contribution in [1.29, 1.82) is 0 Å². The molecule has 0 unspecified atom stereocenters. The lowest BCUT2D eigenvalue weighted by Crippen LogP contribution is -2.46. The zero-order valence-electron chi connectivity index (χ0n) is 19.8. The van der Waals surface area contributed by atoms with E-state index in [1.54, 1.807) is 31.2 Å². The van der Waals surface area contributed by atoms with Crippen molar-refractivity contribution in [3.63, 3.8) is 0 Å². The molecular formula is C24H32ClN3O4S. The quantitative estimate of drug-likeness (QED) is 0.547. The van der Waals surface area contributed by atoms with Crippen LogP contribution in [-0.2, 0) is 26.2 Å². The molecule has 0 aliphatic carbocycles. The number of aryl methyl sites for hydroxylation is 1. The maximum atomic E-state index is 13.1. The summed E-state index contributed by atoms with van der Waals surface area (Å²) in [6.07, 6.45) is 1.57. The number of carbonyl (C=O) groups excluding carboxylic acids is 2. The molecule has 0 saturated heterocycles. The van der Waals surface area contributed by atoms with Gasteiger partial charge in [-0.05, 0) is 62.1 Å². The first-order valence-corrected chi connectivity index (χ1v) is 13.0. The Labute approximate surface area is 201 Å². The Morgan fingerprint density at radius 2 is 1.79 bits per heavy atom. The second-order valence-corrected chi connectivity index (χ2v) is 10.4. The molecule has 0 aliphatic heterocycles. The van der Waals surface area contributed by atoms with Gasteiger partial charge in [0.2, 0.25) is 21.8 Å². The van der Waals surface area contributed by atoms with E-state index in [2.05, 4.69) is 5.32 Å². The Morgan fingerprint density at radius 1 is 1.12 bits per heavy atom. The third-order valence-electron chi connectivity index (χ3n) is 5.65. The molecule has 0 saturated carbocycles. The molecule has 1 atom stereocenters. The van der Waals surface area contributed by atoms with E-state index >= 15 is 0 Å². The van der Waals surface area contributed by atoms with Crippen molar-refractivity contribution in [3.8, 4) is 0 Å². The number of nitrogens with zero attached hydrogens (tertiary/aromatic N) is 2. The Bertz CT molecular complexity index is 1100. The third-order valence-corrected chi connectivity index (χ3v) is 7.07. The molecule has 2 aromatic carbocycles. The van der Waals surface area contributed by atoms with Gasteiger partial charge >= 0.3 is 0 Å². The molecule has 33 heavy (non-hydrogen) atoms. The lowest BCUT2D eigenvalue weighted by Gasteiger charge is -2.29. The van der Waals surface area contributed by atoms with Crippen LogP contribution in [0.3, 0.4) is 0 Å². The fraction of sp³-hybridized carbons (Fsp3) is 0.417. The second kappa shape index (κ2) is 11.5. The van der Waals surface area contributed by atoms with Gasteiger partial charge in [-0.15, -0.1) is 0 Å². The molecule has 0 fully saturated rings. The molecule has 0 spiro atoms. The topological polar surface area (TPSA) is 86.8 Å². The van der Waals surface area contributed by atoms with Crippen LogP contribution in [0.2, 0.25) is 5.02 Å². The highest BCUT2D eigenvalue weighted by Gasteiger charge is 2.26. The van der Waals surface area contributed by atoms with Crippen LogP contribution < -0.4 is 9.62 Å². The molecule has 1 N–H and O–H groups in total. The maximum absolute atomic E-state index is 13.1. The standard InChI is InChI=1S/C24H32ClN3O4S/c1-17-9-6-12-22(18(17)2)28(33(5,31)32)14-8-13-23(29)27(19(3)24(30)26-4)16-20-10-7-11-21(25)15-20/h6-7,9-12,15,19H,8,13-14,16H2,1-5H3,(H,26,30)/t19-/m0/s1. The predicted molar refractivity (Wildman–Crippen MR) is 133 cm³/mol. The SMILES string of the molecule is CNC(=O)[C@H](C)N(Cc1cccc(Cl)c1)C(=O)CCCN(c1cccc(C)c1C)S(C)(=O)=O. The minimum absolute atomic E-state index is 0.0960. The van der Waals surface area contributed by atoms with Gasteiger partial charge < -0.3 is 10.2 Å². The summed E-state index contributed by atoms with van der Waals surface area (Å²) < 4.78 is 26.3. The summed E-state index contributed by atoms with van der Waals surface area (Å²) in [7, 11) is -2.01. The number of sulfonamides is 1. The average Bonchev–Trinajstić information content (AvgIpc) is 2.75. The fourth-order valence-electron chi connectivity index (χ4n) is 3.61. The van der Waals surface area contributed by atoms with Crippen molar-refractivity contribution in [2.45, 2.75) is 46.2 Å². The van der Waals surface area contributed by atoms with Gasteiger partial charge in [-0.25, -0.2) is 8.42 Å². The first-order chi connectivity index (χ1) is 15.5. The number of amides is 2. The van der Waals surface area contributed by atoms with E-state index < -0.39 is 16.1 Å². The van der Waals surface area contributed by atoms with E-state index in [4.69, 9.17) is 11.6 Å². The predicted octanol–water partition coefficient (Wildman–Crippen LogP) is 3.67. The molecule has 2 rings (SSSR count). The first-order valence-electron chi connectivity index (χ1n) is 10.7. The molecule has 0 radical (unpaired) electrons. The minimum Gasteiger partial charge on any atom is -0.357 e. The van der Waals surface area contributed by atoms with Gasteiger partial charge in [0.05, 0.1) is 11.9 Å². The number of nitrogens with one attached hydrogen (secondary N) is 1. The molecule has 7 nitrogen and oxygen atoms in total. The van der Waals surface area contributed by atoms with Crippen LogP contribution in [0.25, 0.3) is 0 Å². The number of anilines is 1. The van der Waals surface area contributed by atoms with Crippen molar-refractivity contribution in [2.24, 2.45) is 0 Å². The van der Waals surface area contributed by atoms with Crippen LogP contribution in [0.15, 0.2) is 42.5 Å². The normalized spacial score (nSPS) is 12.2. The van der Waals surface area contributed by atoms with E-state index in [0.717, 1.165) is 22.9 Å². The van der Waals surface area contributed by atoms with Gasteiger partial charge in [-0.1, -0.05) is 35.9 Å². The molecule has 180 valence electrons. The lowest BCUT2D eigenvalue weighted by molar-refractivity contribution is -0.140. The number of hydrogen-bond donors (Lipinski definition) is 1. The van der Waals surface area contributed by atoms with Crippen LogP contribution in [0, 0.1) is 13.8 Å². The summed E-state index contributed by atoms with van der Waals surface area (Å²) in [5.41, 5.74) is 3.29. The molecular weight excluding hydrogens is 462 g/mol. The number of carbonyl (C=O) groups is 2. The molecule has 0 bridgehead atoms. The molecule has 9 heteroatoms. The van der Waals surface area contributed by atoms with Crippen molar-refractivity contribution < 1.29 is 18.0 Å². The van der Waals surface area contributed by atoms with E-state index in [-0.39, 0.29) is 31.3 Å². The minimum atomic E-state index is -3.53. The van der Waals surface area contributed by atoms with Gasteiger partial charge in [0, 0.05) is 31.6 Å². The van der Waals surface area contributed by atoms with Gasteiger partial charge in [-0.3, -0.25) is 13.9 Å². The van der Waals surface area contributed by atoms with E-state index in [1.807, 2.05) is 32.0 Å². The molecule has 2 amide bonds. The number of hydrogen-bond acceptors (Lipinski definition) is 4. The summed E-state index contributed by atoms with van der Waals surface area (Å²) in [6, 6.07) is 12.0. The van der Waals surface area contributed by atoms with Crippen molar-refractivity contribution in [3.05, 3.63) is 64.2 Å². The van der Waals surface area contributed by atoms with Crippen molar-refractivity contribution in [2.75, 3.05) is 24.2 Å². The molecule has 0 aliphatic rings. The summed E-state index contributed by atoms with van der Waals surface area (Å²) >= 11 is 6.08. The number of rotatable bonds is 10. The highest BCUT2D eigenvalue weighted by Crippen LogP contribution is 2.25. The zero-order valence-corrected chi connectivity index (χ0v) is 21.3. The van der Waals surface area contributed by atoms with Crippen molar-refractivity contribution >= 4 is 39.1 Å². The first kappa shape index (κ1) is 26.7. The maximum Gasteiger partial charge on any atom is 0.242 e. The zero-order chi connectivity index (χ0) is 24.8. The van der Waals surface area contributed by atoms with Gasteiger partial charge in [0.15, 0.2) is 0 Å². The summed E-state index contributed by atoms with van der Waals surface area (Å²) in [6.45, 7) is 5.86. The van der Waals surface area contributed by atoms with Gasteiger partial charge in [-0.2, -0.15) is 0 Å². The Hall–Kier alpha value is -2.58. The molecule has 0 heterocycles. The average molecular weight is 494 g/mol. The second-order valence-electron chi connectivity index (χ2n) is 8.10. The molecule has 2 aromatic rings. The number of likely N-dealkylation sites (N-methyl/N-ethyl adjacent to an activating group) is 1. The summed E-state index contributed by atoms with van der Waals surface area (Å²) in [5, 5.41) is 3.12. The summed E-state index contributed by atoms with van der Waals surface area (Å²) in [5.74, 6) is -0.515. The van der Waals surface area contributed by atoms with E-state index in [0.29, 0.717) is 17.1 Å². The monoisotopic (exact) mass is 493 g/mol. The van der Waals surface area contributed by atoms with E-state index in [1.165, 1.54) is 16.3 Å². The van der Waals surface area contributed by atoms with Crippen LogP contribution in [0.5, 0.6) is 0 Å². The van der Waals surface area contributed by atoms with Crippen LogP contribution in [0.1, 0.15) is 36.5 Å². The third kappa shape index (κ3) is 7.20. The Kier molecular flexibility index (Phi) is 9.31.